The van der Waals surface area contributed by atoms with Gasteiger partial charge in [-0.2, -0.15) is 0 Å². The fraction of sp³-hybridized carbons (Fsp3) is 0.971. The average Bonchev–Trinajstić information content (AvgIpc) is 3.02. The quantitative estimate of drug-likeness (QED) is 0.0623. The van der Waals surface area contributed by atoms with Crippen molar-refractivity contribution in [3.05, 3.63) is 0 Å². The number of amides is 1. The Bertz CT molecular complexity index is 683. The highest BCUT2D eigenvalue weighted by atomic mass is 16.7. The van der Waals surface area contributed by atoms with Gasteiger partial charge in [0, 0.05) is 6.42 Å². The van der Waals surface area contributed by atoms with Crippen molar-refractivity contribution in [3.8, 4) is 0 Å². The molecule has 262 valence electrons. The minimum absolute atomic E-state index is 0.265. The van der Waals surface area contributed by atoms with Crippen LogP contribution in [0.15, 0.2) is 0 Å². The molecular formula is C34H67NO9. The van der Waals surface area contributed by atoms with Crippen molar-refractivity contribution in [3.63, 3.8) is 0 Å². The molecule has 10 nitrogen and oxygen atoms in total. The van der Waals surface area contributed by atoms with Crippen LogP contribution in [0.2, 0.25) is 0 Å². The molecule has 8 atom stereocenters. The number of nitrogens with one attached hydrogen (secondary N) is 1. The van der Waals surface area contributed by atoms with E-state index in [0.29, 0.717) is 6.42 Å². The van der Waals surface area contributed by atoms with E-state index in [4.69, 9.17) is 9.47 Å². The van der Waals surface area contributed by atoms with Gasteiger partial charge in [0.25, 0.3) is 0 Å². The highest BCUT2D eigenvalue weighted by Gasteiger charge is 2.44. The summed E-state index contributed by atoms with van der Waals surface area (Å²) >= 11 is 0. The third-order valence-corrected chi connectivity index (χ3v) is 8.80. The van der Waals surface area contributed by atoms with Crippen LogP contribution in [-0.4, -0.2) is 98.7 Å². The summed E-state index contributed by atoms with van der Waals surface area (Å²) in [6.07, 6.45) is 12.8. The van der Waals surface area contributed by atoms with E-state index < -0.39 is 55.6 Å². The van der Waals surface area contributed by atoms with Crippen LogP contribution in [-0.2, 0) is 14.3 Å². The third-order valence-electron chi connectivity index (χ3n) is 8.80. The fourth-order valence-electron chi connectivity index (χ4n) is 5.78. The van der Waals surface area contributed by atoms with Gasteiger partial charge in [-0.3, -0.25) is 4.79 Å². The second-order valence-corrected chi connectivity index (χ2v) is 12.8. The first-order valence-electron chi connectivity index (χ1n) is 17.8. The average molecular weight is 634 g/mol. The fourth-order valence-corrected chi connectivity index (χ4v) is 5.78. The molecular weight excluding hydrogens is 566 g/mol. The molecule has 2 unspecified atom stereocenters. The van der Waals surface area contributed by atoms with Crippen molar-refractivity contribution < 1.29 is 44.9 Å². The van der Waals surface area contributed by atoms with Gasteiger partial charge >= 0.3 is 0 Å². The summed E-state index contributed by atoms with van der Waals surface area (Å²) in [5.41, 5.74) is 0. The molecule has 0 saturated carbocycles. The van der Waals surface area contributed by atoms with E-state index >= 15 is 0 Å². The van der Waals surface area contributed by atoms with Crippen molar-refractivity contribution in [2.75, 3.05) is 13.2 Å². The number of hydrogen-bond donors (Lipinski definition) is 7. The van der Waals surface area contributed by atoms with E-state index in [1.165, 1.54) is 70.6 Å². The number of carbonyl (C=O) groups excluding carboxylic acids is 1. The highest BCUT2D eigenvalue weighted by molar-refractivity contribution is 5.76. The predicted octanol–water partition coefficient (Wildman–Crippen LogP) is 4.24. The van der Waals surface area contributed by atoms with Crippen LogP contribution in [0.3, 0.4) is 0 Å². The largest absolute Gasteiger partial charge is 0.394 e. The van der Waals surface area contributed by atoms with Gasteiger partial charge in [-0.25, -0.2) is 0 Å². The summed E-state index contributed by atoms with van der Waals surface area (Å²) in [4.78, 5) is 12.8. The summed E-state index contributed by atoms with van der Waals surface area (Å²) in [7, 11) is 0. The maximum absolute atomic E-state index is 12.8. The summed E-state index contributed by atoms with van der Waals surface area (Å²) in [5, 5.41) is 64.5. The molecule has 44 heavy (non-hydrogen) atoms. The van der Waals surface area contributed by atoms with Crippen LogP contribution in [0.25, 0.3) is 0 Å². The number of aliphatic hydroxyl groups is 6. The van der Waals surface area contributed by atoms with E-state index in [9.17, 15) is 35.4 Å². The molecule has 10 heteroatoms. The molecule has 0 bridgehead atoms. The first-order valence-corrected chi connectivity index (χ1v) is 17.8. The summed E-state index contributed by atoms with van der Waals surface area (Å²) in [6.45, 7) is 3.52. The molecule has 1 fully saturated rings. The number of rotatable bonds is 28. The molecule has 1 amide bonds. The second kappa shape index (κ2) is 26.2. The van der Waals surface area contributed by atoms with E-state index in [-0.39, 0.29) is 18.9 Å². The van der Waals surface area contributed by atoms with Gasteiger partial charge in [-0.05, 0) is 12.8 Å². The van der Waals surface area contributed by atoms with Gasteiger partial charge < -0.3 is 45.4 Å². The van der Waals surface area contributed by atoms with Crippen LogP contribution in [0.1, 0.15) is 149 Å². The monoisotopic (exact) mass is 633 g/mol. The lowest BCUT2D eigenvalue weighted by molar-refractivity contribution is -0.303. The van der Waals surface area contributed by atoms with E-state index in [1.807, 2.05) is 0 Å². The Morgan fingerprint density at radius 3 is 1.68 bits per heavy atom. The molecule has 1 saturated heterocycles. The van der Waals surface area contributed by atoms with E-state index in [1.54, 1.807) is 0 Å². The van der Waals surface area contributed by atoms with Crippen LogP contribution in [0.5, 0.6) is 0 Å². The van der Waals surface area contributed by atoms with Crippen molar-refractivity contribution in [1.29, 1.82) is 0 Å². The first-order chi connectivity index (χ1) is 21.3. The molecule has 0 aromatic rings. The second-order valence-electron chi connectivity index (χ2n) is 12.8. The van der Waals surface area contributed by atoms with Crippen LogP contribution in [0.4, 0.5) is 0 Å². The standard InChI is InChI=1S/C34H67NO9/c1-3-5-7-9-11-13-14-15-16-18-20-22-27(37)30(39)26(35-29(38)23-21-19-17-12-10-8-6-4-2)25-43-34-33(42)32(41)31(40)28(24-36)44-34/h26-28,30-34,36-37,39-42H,3-25H2,1-2H3,(H,35,38)/t26-,27+,28+,30-,31+,32?,33?,34+/m0/s1. The molecule has 7 N–H and O–H groups in total. The zero-order chi connectivity index (χ0) is 32.6. The molecule has 1 aliphatic heterocycles. The number of carbonyl (C=O) groups is 1. The Morgan fingerprint density at radius 1 is 0.705 bits per heavy atom. The van der Waals surface area contributed by atoms with Crippen molar-refractivity contribution in [2.24, 2.45) is 0 Å². The highest BCUT2D eigenvalue weighted by Crippen LogP contribution is 2.23. The van der Waals surface area contributed by atoms with E-state index in [2.05, 4.69) is 19.2 Å². The lowest BCUT2D eigenvalue weighted by Crippen LogP contribution is -2.60. The third kappa shape index (κ3) is 17.7. The number of aliphatic hydroxyl groups excluding tert-OH is 6. The SMILES string of the molecule is CCCCCCCCCCCCC[C@@H](O)[C@@H](O)[C@H](CO[C@@H]1O[C@H](CO)[C@@H](O)C(O)C1O)NC(=O)CCCCCCCCCC. The minimum Gasteiger partial charge on any atom is -0.394 e. The Labute approximate surface area is 266 Å². The van der Waals surface area contributed by atoms with Crippen molar-refractivity contribution in [2.45, 2.75) is 198 Å². The van der Waals surface area contributed by atoms with Crippen molar-refractivity contribution in [1.82, 2.24) is 5.32 Å². The molecule has 0 aromatic heterocycles. The Hall–Kier alpha value is -0.850. The normalized spacial score (nSPS) is 24.2. The lowest BCUT2D eigenvalue weighted by atomic mass is 9.98. The molecule has 0 radical (unpaired) electrons. The molecule has 1 heterocycles. The maximum atomic E-state index is 12.8. The molecule has 0 aliphatic carbocycles. The predicted molar refractivity (Wildman–Crippen MR) is 172 cm³/mol. The summed E-state index contributed by atoms with van der Waals surface area (Å²) < 4.78 is 11.0. The Kier molecular flexibility index (Phi) is 24.6. The maximum Gasteiger partial charge on any atom is 0.220 e. The smallest absolute Gasteiger partial charge is 0.220 e. The number of hydrogen-bond acceptors (Lipinski definition) is 9. The van der Waals surface area contributed by atoms with Gasteiger partial charge in [-0.1, -0.05) is 129 Å². The first kappa shape index (κ1) is 41.2. The zero-order valence-corrected chi connectivity index (χ0v) is 27.8. The molecule has 1 rings (SSSR count). The van der Waals surface area contributed by atoms with Crippen LogP contribution in [0, 0.1) is 0 Å². The van der Waals surface area contributed by atoms with Gasteiger partial charge in [0.1, 0.15) is 30.5 Å². The number of unbranched alkanes of at least 4 members (excludes halogenated alkanes) is 17. The van der Waals surface area contributed by atoms with Crippen molar-refractivity contribution >= 4 is 5.91 Å². The minimum atomic E-state index is -1.60. The van der Waals surface area contributed by atoms with Crippen LogP contribution < -0.4 is 5.32 Å². The Morgan fingerprint density at radius 2 is 1.18 bits per heavy atom. The Balaban J connectivity index is 2.55. The summed E-state index contributed by atoms with van der Waals surface area (Å²) in [5.74, 6) is -0.265. The van der Waals surface area contributed by atoms with Gasteiger partial charge in [-0.15, -0.1) is 0 Å². The molecule has 1 aliphatic rings. The van der Waals surface area contributed by atoms with Gasteiger partial charge in [0.15, 0.2) is 6.29 Å². The molecule has 0 spiro atoms. The van der Waals surface area contributed by atoms with Crippen LogP contribution >= 0.6 is 0 Å². The van der Waals surface area contributed by atoms with E-state index in [0.717, 1.165) is 51.4 Å². The molecule has 0 aromatic carbocycles. The zero-order valence-electron chi connectivity index (χ0n) is 27.8. The topological polar surface area (TPSA) is 169 Å². The summed E-state index contributed by atoms with van der Waals surface area (Å²) in [6, 6.07) is -0.980. The lowest BCUT2D eigenvalue weighted by Gasteiger charge is -2.40. The number of ether oxygens (including phenoxy) is 2. The van der Waals surface area contributed by atoms with Gasteiger partial charge in [0.2, 0.25) is 5.91 Å². The van der Waals surface area contributed by atoms with Gasteiger partial charge in [0.05, 0.1) is 25.4 Å².